The Kier molecular flexibility index (Phi) is 4.34. The van der Waals surface area contributed by atoms with E-state index in [0.717, 1.165) is 0 Å². The number of nitro benzene ring substituents is 1. The van der Waals surface area contributed by atoms with E-state index in [1.165, 1.54) is 12.1 Å². The van der Waals surface area contributed by atoms with Crippen molar-refractivity contribution in [2.45, 2.75) is 13.5 Å². The van der Waals surface area contributed by atoms with Crippen molar-refractivity contribution in [2.24, 2.45) is 0 Å². The Morgan fingerprint density at radius 3 is 2.70 bits per heavy atom. The van der Waals surface area contributed by atoms with Crippen molar-refractivity contribution in [1.82, 2.24) is 0 Å². The van der Waals surface area contributed by atoms with Crippen LogP contribution in [0.2, 0.25) is 0 Å². The van der Waals surface area contributed by atoms with E-state index in [-0.39, 0.29) is 18.0 Å². The zero-order chi connectivity index (χ0) is 14.7. The molecule has 0 saturated heterocycles. The van der Waals surface area contributed by atoms with Gasteiger partial charge in [0.2, 0.25) is 0 Å². The van der Waals surface area contributed by atoms with Crippen molar-refractivity contribution in [3.63, 3.8) is 0 Å². The molecule has 0 bridgehead atoms. The number of aryl methyl sites for hydroxylation is 1. The fourth-order valence-electron chi connectivity index (χ4n) is 1.78. The molecule has 0 aromatic heterocycles. The number of hydrogen-bond donors (Lipinski definition) is 1. The molecule has 0 atom stereocenters. The number of nitro groups is 1. The van der Waals surface area contributed by atoms with Gasteiger partial charge in [-0.25, -0.2) is 4.39 Å². The molecule has 4 nitrogen and oxygen atoms in total. The van der Waals surface area contributed by atoms with Crippen molar-refractivity contribution >= 4 is 27.3 Å². The van der Waals surface area contributed by atoms with Gasteiger partial charge in [0.15, 0.2) is 0 Å². The average molecular weight is 339 g/mol. The van der Waals surface area contributed by atoms with Gasteiger partial charge in [-0.3, -0.25) is 10.1 Å². The van der Waals surface area contributed by atoms with E-state index >= 15 is 0 Å². The molecule has 2 aromatic carbocycles. The van der Waals surface area contributed by atoms with E-state index in [9.17, 15) is 14.5 Å². The predicted molar refractivity (Wildman–Crippen MR) is 79.3 cm³/mol. The molecule has 2 rings (SSSR count). The van der Waals surface area contributed by atoms with Gasteiger partial charge >= 0.3 is 0 Å². The van der Waals surface area contributed by atoms with Crippen LogP contribution >= 0.6 is 15.9 Å². The summed E-state index contributed by atoms with van der Waals surface area (Å²) in [7, 11) is 0. The van der Waals surface area contributed by atoms with Gasteiger partial charge in [-0.05, 0) is 25.1 Å². The number of hydrogen-bond acceptors (Lipinski definition) is 3. The second-order valence-electron chi connectivity index (χ2n) is 4.35. The summed E-state index contributed by atoms with van der Waals surface area (Å²) in [5.74, 6) is -0.325. The van der Waals surface area contributed by atoms with Crippen molar-refractivity contribution in [3.05, 3.63) is 67.9 Å². The van der Waals surface area contributed by atoms with Gasteiger partial charge < -0.3 is 5.32 Å². The first-order chi connectivity index (χ1) is 9.47. The first kappa shape index (κ1) is 14.5. The van der Waals surface area contributed by atoms with Crippen molar-refractivity contribution in [3.8, 4) is 0 Å². The molecule has 104 valence electrons. The molecule has 2 aromatic rings. The highest BCUT2D eigenvalue weighted by atomic mass is 79.9. The molecular weight excluding hydrogens is 327 g/mol. The summed E-state index contributed by atoms with van der Waals surface area (Å²) in [4.78, 5) is 10.4. The highest BCUT2D eigenvalue weighted by Crippen LogP contribution is 2.23. The lowest BCUT2D eigenvalue weighted by Gasteiger charge is -2.08. The van der Waals surface area contributed by atoms with Crippen molar-refractivity contribution in [2.75, 3.05) is 5.32 Å². The van der Waals surface area contributed by atoms with Gasteiger partial charge in [0, 0.05) is 33.9 Å². The summed E-state index contributed by atoms with van der Waals surface area (Å²) in [6.07, 6.45) is 0. The first-order valence-corrected chi connectivity index (χ1v) is 6.69. The fourth-order valence-corrected chi connectivity index (χ4v) is 2.11. The molecule has 6 heteroatoms. The van der Waals surface area contributed by atoms with Crippen LogP contribution in [-0.4, -0.2) is 4.92 Å². The monoisotopic (exact) mass is 338 g/mol. The van der Waals surface area contributed by atoms with Crippen molar-refractivity contribution < 1.29 is 9.31 Å². The normalized spacial score (nSPS) is 10.3. The maximum Gasteiger partial charge on any atom is 0.274 e. The summed E-state index contributed by atoms with van der Waals surface area (Å²) >= 11 is 3.19. The van der Waals surface area contributed by atoms with Gasteiger partial charge in [-0.1, -0.05) is 28.1 Å². The Balaban J connectivity index is 2.15. The minimum absolute atomic E-state index is 0.0475. The maximum absolute atomic E-state index is 13.6. The standard InChI is InChI=1S/C14H12BrFN2O2/c1-9-2-5-12(7-14(9)18(19)20)17-8-10-3-4-11(15)6-13(10)16/h2-7,17H,8H2,1H3. The SMILES string of the molecule is Cc1ccc(NCc2ccc(Br)cc2F)cc1[N+](=O)[O-]. The molecule has 0 radical (unpaired) electrons. The molecule has 0 aliphatic heterocycles. The Morgan fingerprint density at radius 2 is 2.05 bits per heavy atom. The zero-order valence-electron chi connectivity index (χ0n) is 10.7. The summed E-state index contributed by atoms with van der Waals surface area (Å²) in [5.41, 5.74) is 1.72. The largest absolute Gasteiger partial charge is 0.381 e. The Bertz CT molecular complexity index is 662. The number of anilines is 1. The Labute approximate surface area is 123 Å². The van der Waals surface area contributed by atoms with E-state index < -0.39 is 4.92 Å². The third kappa shape index (κ3) is 3.33. The highest BCUT2D eigenvalue weighted by molar-refractivity contribution is 9.10. The maximum atomic E-state index is 13.6. The predicted octanol–water partition coefficient (Wildman–Crippen LogP) is 4.42. The van der Waals surface area contributed by atoms with Gasteiger partial charge in [0.1, 0.15) is 5.82 Å². The Morgan fingerprint density at radius 1 is 1.30 bits per heavy atom. The molecule has 1 N–H and O–H groups in total. The van der Waals surface area contributed by atoms with Crippen LogP contribution in [0.5, 0.6) is 0 Å². The lowest BCUT2D eigenvalue weighted by atomic mass is 10.1. The number of nitrogens with zero attached hydrogens (tertiary/aromatic N) is 1. The third-order valence-electron chi connectivity index (χ3n) is 2.90. The summed E-state index contributed by atoms with van der Waals surface area (Å²) < 4.78 is 14.3. The zero-order valence-corrected chi connectivity index (χ0v) is 12.3. The Hall–Kier alpha value is -1.95. The average Bonchev–Trinajstić information content (AvgIpc) is 2.39. The molecule has 0 amide bonds. The van der Waals surface area contributed by atoms with Crippen LogP contribution in [0.4, 0.5) is 15.8 Å². The van der Waals surface area contributed by atoms with Gasteiger partial charge in [0.05, 0.1) is 4.92 Å². The van der Waals surface area contributed by atoms with E-state index in [4.69, 9.17) is 0 Å². The van der Waals surface area contributed by atoms with Crippen LogP contribution in [0.1, 0.15) is 11.1 Å². The number of halogens is 2. The molecular formula is C14H12BrFN2O2. The van der Waals surface area contributed by atoms with Crippen LogP contribution in [0.25, 0.3) is 0 Å². The molecule has 0 saturated carbocycles. The molecule has 0 fully saturated rings. The first-order valence-electron chi connectivity index (χ1n) is 5.90. The summed E-state index contributed by atoms with van der Waals surface area (Å²) in [5, 5.41) is 13.8. The topological polar surface area (TPSA) is 55.2 Å². The molecule has 20 heavy (non-hydrogen) atoms. The van der Waals surface area contributed by atoms with Gasteiger partial charge in [-0.2, -0.15) is 0 Å². The van der Waals surface area contributed by atoms with Crippen LogP contribution in [0.3, 0.4) is 0 Å². The molecule has 0 aliphatic rings. The lowest BCUT2D eigenvalue weighted by Crippen LogP contribution is -2.02. The van der Waals surface area contributed by atoms with E-state index in [1.807, 2.05) is 0 Å². The van der Waals surface area contributed by atoms with Gasteiger partial charge in [0.25, 0.3) is 5.69 Å². The smallest absolute Gasteiger partial charge is 0.274 e. The van der Waals surface area contributed by atoms with Crippen LogP contribution in [0.15, 0.2) is 40.9 Å². The summed E-state index contributed by atoms with van der Waals surface area (Å²) in [6.45, 7) is 1.94. The molecule has 0 spiro atoms. The minimum Gasteiger partial charge on any atom is -0.381 e. The van der Waals surface area contributed by atoms with Crippen molar-refractivity contribution in [1.29, 1.82) is 0 Å². The number of rotatable bonds is 4. The lowest BCUT2D eigenvalue weighted by molar-refractivity contribution is -0.385. The van der Waals surface area contributed by atoms with E-state index in [1.54, 1.807) is 31.2 Å². The van der Waals surface area contributed by atoms with Crippen LogP contribution in [-0.2, 0) is 6.54 Å². The number of benzene rings is 2. The minimum atomic E-state index is -0.430. The highest BCUT2D eigenvalue weighted by Gasteiger charge is 2.11. The summed E-state index contributed by atoms with van der Waals surface area (Å²) in [6, 6.07) is 9.64. The second kappa shape index (κ2) is 6.00. The van der Waals surface area contributed by atoms with E-state index in [0.29, 0.717) is 21.3 Å². The number of nitrogens with one attached hydrogen (secondary N) is 1. The second-order valence-corrected chi connectivity index (χ2v) is 5.26. The molecule has 0 aliphatic carbocycles. The quantitative estimate of drug-likeness (QED) is 0.663. The van der Waals surface area contributed by atoms with Crippen LogP contribution < -0.4 is 5.32 Å². The molecule has 0 unspecified atom stereocenters. The molecule has 0 heterocycles. The van der Waals surface area contributed by atoms with E-state index in [2.05, 4.69) is 21.2 Å². The fraction of sp³-hybridized carbons (Fsp3) is 0.143. The van der Waals surface area contributed by atoms with Gasteiger partial charge in [-0.15, -0.1) is 0 Å². The third-order valence-corrected chi connectivity index (χ3v) is 3.40. The van der Waals surface area contributed by atoms with Crippen LogP contribution in [0, 0.1) is 22.9 Å².